The molecule has 19 heavy (non-hydrogen) atoms. The SMILES string of the molecule is Cc1ccnc(Nc2cc(F)cc(Cl)c2)c1C(N)=S. The molecule has 0 radical (unpaired) electrons. The predicted molar refractivity (Wildman–Crippen MR) is 79.6 cm³/mol. The highest BCUT2D eigenvalue weighted by Crippen LogP contribution is 2.24. The number of hydrogen-bond acceptors (Lipinski definition) is 3. The number of aryl methyl sites for hydroxylation is 1. The van der Waals surface area contributed by atoms with Crippen LogP contribution in [0.2, 0.25) is 5.02 Å². The first kappa shape index (κ1) is 13.7. The molecule has 0 amide bonds. The van der Waals surface area contributed by atoms with E-state index in [1.54, 1.807) is 18.3 Å². The van der Waals surface area contributed by atoms with E-state index in [0.29, 0.717) is 22.1 Å². The molecule has 1 heterocycles. The van der Waals surface area contributed by atoms with Crippen molar-refractivity contribution in [2.24, 2.45) is 5.73 Å². The Morgan fingerprint density at radius 1 is 1.42 bits per heavy atom. The van der Waals surface area contributed by atoms with Crippen LogP contribution in [0.5, 0.6) is 0 Å². The highest BCUT2D eigenvalue weighted by Gasteiger charge is 2.10. The number of nitrogens with two attached hydrogens (primary N) is 1. The first-order chi connectivity index (χ1) is 8.97. The molecule has 0 aliphatic carbocycles. The van der Waals surface area contributed by atoms with Gasteiger partial charge >= 0.3 is 0 Å². The number of thiocarbonyl (C=S) groups is 1. The van der Waals surface area contributed by atoms with Gasteiger partial charge in [0.1, 0.15) is 16.6 Å². The van der Waals surface area contributed by atoms with Crippen LogP contribution >= 0.6 is 23.8 Å². The van der Waals surface area contributed by atoms with Gasteiger partial charge in [-0.25, -0.2) is 9.37 Å². The van der Waals surface area contributed by atoms with Gasteiger partial charge in [0.25, 0.3) is 0 Å². The maximum atomic E-state index is 13.3. The number of nitrogens with zero attached hydrogens (tertiary/aromatic N) is 1. The molecule has 0 saturated heterocycles. The van der Waals surface area contributed by atoms with Crippen molar-refractivity contribution in [3.8, 4) is 0 Å². The molecular formula is C13H11ClFN3S. The van der Waals surface area contributed by atoms with Gasteiger partial charge in [-0.05, 0) is 36.8 Å². The molecule has 3 N–H and O–H groups in total. The Bertz CT molecular complexity index is 626. The molecule has 1 aromatic carbocycles. The Balaban J connectivity index is 2.43. The van der Waals surface area contributed by atoms with Crippen molar-refractivity contribution < 1.29 is 4.39 Å². The second kappa shape index (κ2) is 5.50. The van der Waals surface area contributed by atoms with Gasteiger partial charge in [-0.2, -0.15) is 0 Å². The molecule has 1 aromatic heterocycles. The fourth-order valence-corrected chi connectivity index (χ4v) is 2.21. The van der Waals surface area contributed by atoms with Crippen LogP contribution < -0.4 is 11.1 Å². The van der Waals surface area contributed by atoms with Gasteiger partial charge in [0.05, 0.1) is 5.56 Å². The number of hydrogen-bond donors (Lipinski definition) is 2. The Labute approximate surface area is 120 Å². The zero-order valence-electron chi connectivity index (χ0n) is 10.1. The lowest BCUT2D eigenvalue weighted by Crippen LogP contribution is -2.14. The van der Waals surface area contributed by atoms with Crippen molar-refractivity contribution in [2.45, 2.75) is 6.92 Å². The summed E-state index contributed by atoms with van der Waals surface area (Å²) in [4.78, 5) is 4.40. The quantitative estimate of drug-likeness (QED) is 0.850. The average molecular weight is 296 g/mol. The molecule has 0 bridgehead atoms. The lowest BCUT2D eigenvalue weighted by Gasteiger charge is -2.12. The van der Waals surface area contributed by atoms with Gasteiger partial charge < -0.3 is 11.1 Å². The molecule has 0 aliphatic rings. The average Bonchev–Trinajstić information content (AvgIpc) is 2.26. The number of pyridine rings is 1. The second-order valence-corrected chi connectivity index (χ2v) is 4.88. The fraction of sp³-hybridized carbons (Fsp3) is 0.0769. The van der Waals surface area contributed by atoms with Gasteiger partial charge in [-0.1, -0.05) is 23.8 Å². The first-order valence-electron chi connectivity index (χ1n) is 5.46. The van der Waals surface area contributed by atoms with E-state index in [-0.39, 0.29) is 4.99 Å². The number of anilines is 2. The molecule has 0 spiro atoms. The summed E-state index contributed by atoms with van der Waals surface area (Å²) in [5, 5.41) is 3.27. The molecule has 0 fully saturated rings. The number of halogens is 2. The summed E-state index contributed by atoms with van der Waals surface area (Å²) in [7, 11) is 0. The standard InChI is InChI=1S/C13H11ClFN3S/c1-7-2-3-17-13(11(7)12(16)19)18-10-5-8(14)4-9(15)6-10/h2-6H,1H3,(H2,16,19)(H,17,18). The van der Waals surface area contributed by atoms with Crippen molar-refractivity contribution in [1.82, 2.24) is 4.98 Å². The van der Waals surface area contributed by atoms with Crippen LogP contribution in [0.25, 0.3) is 0 Å². The third-order valence-electron chi connectivity index (χ3n) is 2.53. The molecule has 0 saturated carbocycles. The van der Waals surface area contributed by atoms with E-state index >= 15 is 0 Å². The van der Waals surface area contributed by atoms with Crippen molar-refractivity contribution >= 4 is 40.3 Å². The number of nitrogens with one attached hydrogen (secondary N) is 1. The third-order valence-corrected chi connectivity index (χ3v) is 2.95. The smallest absolute Gasteiger partial charge is 0.140 e. The molecule has 0 atom stereocenters. The van der Waals surface area contributed by atoms with E-state index in [9.17, 15) is 4.39 Å². The van der Waals surface area contributed by atoms with Crippen molar-refractivity contribution in [1.29, 1.82) is 0 Å². The van der Waals surface area contributed by atoms with E-state index < -0.39 is 5.82 Å². The van der Waals surface area contributed by atoms with Crippen LogP contribution in [-0.2, 0) is 0 Å². The summed E-state index contributed by atoms with van der Waals surface area (Å²) >= 11 is 10.8. The fourth-order valence-electron chi connectivity index (χ4n) is 1.73. The van der Waals surface area contributed by atoms with Crippen LogP contribution in [0.3, 0.4) is 0 Å². The number of benzene rings is 1. The minimum Gasteiger partial charge on any atom is -0.389 e. The summed E-state index contributed by atoms with van der Waals surface area (Å²) in [5.74, 6) is 0.0497. The second-order valence-electron chi connectivity index (χ2n) is 4.00. The minimum atomic E-state index is -0.431. The Morgan fingerprint density at radius 2 is 2.16 bits per heavy atom. The van der Waals surface area contributed by atoms with E-state index in [1.165, 1.54) is 12.1 Å². The molecular weight excluding hydrogens is 285 g/mol. The lowest BCUT2D eigenvalue weighted by molar-refractivity contribution is 0.628. The molecule has 0 unspecified atom stereocenters. The first-order valence-corrected chi connectivity index (χ1v) is 6.24. The number of rotatable bonds is 3. The Kier molecular flexibility index (Phi) is 3.97. The zero-order valence-corrected chi connectivity index (χ0v) is 11.6. The van der Waals surface area contributed by atoms with Gasteiger partial charge in [-0.3, -0.25) is 0 Å². The molecule has 3 nitrogen and oxygen atoms in total. The predicted octanol–water partition coefficient (Wildman–Crippen LogP) is 3.56. The summed E-state index contributed by atoms with van der Waals surface area (Å²) in [6.07, 6.45) is 1.63. The van der Waals surface area contributed by atoms with Crippen LogP contribution in [-0.4, -0.2) is 9.97 Å². The molecule has 2 rings (SSSR count). The van der Waals surface area contributed by atoms with Crippen molar-refractivity contribution in [2.75, 3.05) is 5.32 Å². The van der Waals surface area contributed by atoms with Gasteiger partial charge in [-0.15, -0.1) is 0 Å². The maximum Gasteiger partial charge on any atom is 0.140 e. The van der Waals surface area contributed by atoms with E-state index in [2.05, 4.69) is 10.3 Å². The van der Waals surface area contributed by atoms with Crippen LogP contribution in [0.4, 0.5) is 15.9 Å². The van der Waals surface area contributed by atoms with Crippen LogP contribution in [0.1, 0.15) is 11.1 Å². The largest absolute Gasteiger partial charge is 0.389 e. The minimum absolute atomic E-state index is 0.232. The van der Waals surface area contributed by atoms with Gasteiger partial charge in [0, 0.05) is 16.9 Å². The third kappa shape index (κ3) is 3.19. The van der Waals surface area contributed by atoms with E-state index in [4.69, 9.17) is 29.6 Å². The Morgan fingerprint density at radius 3 is 2.79 bits per heavy atom. The highest BCUT2D eigenvalue weighted by molar-refractivity contribution is 7.80. The van der Waals surface area contributed by atoms with Crippen LogP contribution in [0, 0.1) is 12.7 Å². The maximum absolute atomic E-state index is 13.3. The molecule has 0 aliphatic heterocycles. The van der Waals surface area contributed by atoms with Crippen LogP contribution in [0.15, 0.2) is 30.5 Å². The molecule has 6 heteroatoms. The van der Waals surface area contributed by atoms with Gasteiger partial charge in [0.2, 0.25) is 0 Å². The van der Waals surface area contributed by atoms with Gasteiger partial charge in [0.15, 0.2) is 0 Å². The molecule has 2 aromatic rings. The summed E-state index contributed by atoms with van der Waals surface area (Å²) in [6.45, 7) is 1.87. The Hall–Kier alpha value is -1.72. The summed E-state index contributed by atoms with van der Waals surface area (Å²) in [6, 6.07) is 5.94. The monoisotopic (exact) mass is 295 g/mol. The van der Waals surface area contributed by atoms with E-state index in [0.717, 1.165) is 5.56 Å². The molecule has 98 valence electrons. The van der Waals surface area contributed by atoms with Crippen molar-refractivity contribution in [3.05, 3.63) is 52.4 Å². The van der Waals surface area contributed by atoms with Crippen molar-refractivity contribution in [3.63, 3.8) is 0 Å². The summed E-state index contributed by atoms with van der Waals surface area (Å²) in [5.41, 5.74) is 7.70. The summed E-state index contributed by atoms with van der Waals surface area (Å²) < 4.78 is 13.3. The highest BCUT2D eigenvalue weighted by atomic mass is 35.5. The topological polar surface area (TPSA) is 50.9 Å². The lowest BCUT2D eigenvalue weighted by atomic mass is 10.1. The normalized spacial score (nSPS) is 10.3. The number of aromatic nitrogens is 1. The van der Waals surface area contributed by atoms with E-state index in [1.807, 2.05) is 6.92 Å². The zero-order chi connectivity index (χ0) is 14.0.